The summed E-state index contributed by atoms with van der Waals surface area (Å²) >= 11 is 3.19. The first-order valence-corrected chi connectivity index (χ1v) is 9.65. The average molecular weight is 449 g/mol. The minimum absolute atomic E-state index is 0.0523. The van der Waals surface area contributed by atoms with Gasteiger partial charge in [-0.1, -0.05) is 12.1 Å². The molecule has 0 aliphatic carbocycles. The fourth-order valence-electron chi connectivity index (χ4n) is 2.11. The van der Waals surface area contributed by atoms with Crippen molar-refractivity contribution >= 4 is 31.9 Å². The maximum Gasteiger partial charge on any atom is 0.387 e. The summed E-state index contributed by atoms with van der Waals surface area (Å²) in [6, 6.07) is 9.95. The molecule has 26 heavy (non-hydrogen) atoms. The molecule has 0 aliphatic rings. The van der Waals surface area contributed by atoms with Gasteiger partial charge in [0.1, 0.15) is 5.75 Å². The molecule has 0 saturated heterocycles. The van der Waals surface area contributed by atoms with Crippen molar-refractivity contribution in [1.82, 2.24) is 5.32 Å². The summed E-state index contributed by atoms with van der Waals surface area (Å²) in [4.78, 5) is 12.1. The average Bonchev–Trinajstić information content (AvgIpc) is 2.55. The smallest absolute Gasteiger partial charge is 0.387 e. The van der Waals surface area contributed by atoms with Crippen molar-refractivity contribution in [2.24, 2.45) is 5.14 Å². The van der Waals surface area contributed by atoms with E-state index in [1.807, 2.05) is 0 Å². The number of ether oxygens (including phenoxy) is 1. The van der Waals surface area contributed by atoms with Gasteiger partial charge in [-0.15, -0.1) is 0 Å². The summed E-state index contributed by atoms with van der Waals surface area (Å²) in [5.74, 6) is -0.420. The Morgan fingerprint density at radius 3 is 2.42 bits per heavy atom. The van der Waals surface area contributed by atoms with Crippen molar-refractivity contribution in [2.75, 3.05) is 6.54 Å². The highest BCUT2D eigenvalue weighted by Crippen LogP contribution is 2.20. The molecule has 0 fully saturated rings. The molecule has 2 rings (SSSR count). The Hall–Kier alpha value is -2.04. The third-order valence-corrected chi connectivity index (χ3v) is 4.96. The van der Waals surface area contributed by atoms with Crippen LogP contribution in [0.4, 0.5) is 8.78 Å². The number of carbonyl (C=O) groups is 1. The maximum absolute atomic E-state index is 12.2. The van der Waals surface area contributed by atoms with Gasteiger partial charge in [0.2, 0.25) is 10.0 Å². The SMILES string of the molecule is NS(=O)(=O)c1ccc(Br)c(C(=O)NCCc2ccc(OC(F)F)cc2)c1. The zero-order valence-electron chi connectivity index (χ0n) is 13.3. The highest BCUT2D eigenvalue weighted by atomic mass is 79.9. The van der Waals surface area contributed by atoms with Crippen molar-refractivity contribution < 1.29 is 26.7 Å². The molecular formula is C16H15BrF2N2O4S. The summed E-state index contributed by atoms with van der Waals surface area (Å²) in [6.07, 6.45) is 0.452. The monoisotopic (exact) mass is 448 g/mol. The van der Waals surface area contributed by atoms with Crippen LogP contribution in [-0.2, 0) is 16.4 Å². The molecule has 0 bridgehead atoms. The van der Waals surface area contributed by atoms with Crippen LogP contribution < -0.4 is 15.2 Å². The first kappa shape index (κ1) is 20.3. The molecule has 3 N–H and O–H groups in total. The topological polar surface area (TPSA) is 98.5 Å². The normalized spacial score (nSPS) is 11.4. The lowest BCUT2D eigenvalue weighted by atomic mass is 10.1. The van der Waals surface area contributed by atoms with Gasteiger partial charge in [-0.05, 0) is 58.2 Å². The van der Waals surface area contributed by atoms with E-state index in [4.69, 9.17) is 5.14 Å². The standard InChI is InChI=1S/C16H15BrF2N2O4S/c17-14-6-5-12(26(20,23)24)9-13(14)15(22)21-8-7-10-1-3-11(4-2-10)25-16(18)19/h1-6,9,16H,7-8H2,(H,21,22)(H2,20,23,24). The molecule has 2 aromatic carbocycles. The van der Waals surface area contributed by atoms with Crippen LogP contribution >= 0.6 is 15.9 Å². The number of carbonyl (C=O) groups excluding carboxylic acids is 1. The zero-order chi connectivity index (χ0) is 19.3. The van der Waals surface area contributed by atoms with E-state index in [0.29, 0.717) is 10.9 Å². The molecule has 2 aromatic rings. The summed E-state index contributed by atoms with van der Waals surface area (Å²) in [6.45, 7) is -2.62. The number of alkyl halides is 2. The Kier molecular flexibility index (Phi) is 6.68. The summed E-state index contributed by atoms with van der Waals surface area (Å²) in [5, 5.41) is 7.72. The van der Waals surface area contributed by atoms with Gasteiger partial charge < -0.3 is 10.1 Å². The largest absolute Gasteiger partial charge is 0.435 e. The molecule has 6 nitrogen and oxygen atoms in total. The zero-order valence-corrected chi connectivity index (χ0v) is 15.7. The summed E-state index contributed by atoms with van der Waals surface area (Å²) in [5.41, 5.74) is 0.946. The van der Waals surface area contributed by atoms with Crippen LogP contribution in [0, 0.1) is 0 Å². The molecular weight excluding hydrogens is 434 g/mol. The number of rotatable bonds is 7. The molecule has 0 unspecified atom stereocenters. The van der Waals surface area contributed by atoms with E-state index >= 15 is 0 Å². The van der Waals surface area contributed by atoms with E-state index in [-0.39, 0.29) is 22.8 Å². The van der Waals surface area contributed by atoms with E-state index in [2.05, 4.69) is 26.0 Å². The van der Waals surface area contributed by atoms with Crippen molar-refractivity contribution in [3.8, 4) is 5.75 Å². The van der Waals surface area contributed by atoms with Crippen LogP contribution in [0.2, 0.25) is 0 Å². The van der Waals surface area contributed by atoms with Gasteiger partial charge in [0.15, 0.2) is 0 Å². The van der Waals surface area contributed by atoms with Gasteiger partial charge in [-0.3, -0.25) is 4.79 Å². The molecule has 0 atom stereocenters. The predicted octanol–water partition coefficient (Wildman–Crippen LogP) is 2.67. The molecule has 0 spiro atoms. The Balaban J connectivity index is 1.97. The molecule has 0 heterocycles. The van der Waals surface area contributed by atoms with E-state index in [1.54, 1.807) is 12.1 Å². The molecule has 0 aromatic heterocycles. The summed E-state index contributed by atoms with van der Waals surface area (Å²) < 4.78 is 51.6. The highest BCUT2D eigenvalue weighted by Gasteiger charge is 2.15. The van der Waals surface area contributed by atoms with E-state index in [0.717, 1.165) is 5.56 Å². The maximum atomic E-state index is 12.2. The minimum Gasteiger partial charge on any atom is -0.435 e. The number of primary sulfonamides is 1. The number of nitrogens with one attached hydrogen (secondary N) is 1. The fourth-order valence-corrected chi connectivity index (χ4v) is 3.08. The second kappa shape index (κ2) is 8.56. The Morgan fingerprint density at radius 2 is 1.85 bits per heavy atom. The fraction of sp³-hybridized carbons (Fsp3) is 0.188. The lowest BCUT2D eigenvalue weighted by molar-refractivity contribution is -0.0498. The number of amides is 1. The molecule has 140 valence electrons. The van der Waals surface area contributed by atoms with Crippen LogP contribution in [0.5, 0.6) is 5.75 Å². The first-order valence-electron chi connectivity index (χ1n) is 7.31. The second-order valence-electron chi connectivity index (χ2n) is 5.22. The number of hydrogen-bond acceptors (Lipinski definition) is 4. The quantitative estimate of drug-likeness (QED) is 0.679. The first-order chi connectivity index (χ1) is 12.2. The van der Waals surface area contributed by atoms with E-state index in [9.17, 15) is 22.0 Å². The van der Waals surface area contributed by atoms with Crippen LogP contribution in [0.3, 0.4) is 0 Å². The Bertz CT molecular complexity index is 890. The minimum atomic E-state index is -3.92. The number of halogens is 3. The third kappa shape index (κ3) is 5.75. The van der Waals surface area contributed by atoms with Crippen LogP contribution in [0.15, 0.2) is 51.8 Å². The van der Waals surface area contributed by atoms with Gasteiger partial charge in [0.25, 0.3) is 5.91 Å². The van der Waals surface area contributed by atoms with E-state index in [1.165, 1.54) is 30.3 Å². The number of hydrogen-bond donors (Lipinski definition) is 2. The van der Waals surface area contributed by atoms with Crippen molar-refractivity contribution in [1.29, 1.82) is 0 Å². The molecule has 0 saturated carbocycles. The van der Waals surface area contributed by atoms with E-state index < -0.39 is 22.5 Å². The van der Waals surface area contributed by atoms with Crippen LogP contribution in [0.1, 0.15) is 15.9 Å². The van der Waals surface area contributed by atoms with Gasteiger partial charge in [-0.2, -0.15) is 8.78 Å². The van der Waals surface area contributed by atoms with Crippen molar-refractivity contribution in [3.63, 3.8) is 0 Å². The number of sulfonamides is 1. The van der Waals surface area contributed by atoms with Gasteiger partial charge in [-0.25, -0.2) is 13.6 Å². The molecule has 0 aliphatic heterocycles. The summed E-state index contributed by atoms with van der Waals surface area (Å²) in [7, 11) is -3.92. The van der Waals surface area contributed by atoms with Gasteiger partial charge >= 0.3 is 6.61 Å². The number of benzene rings is 2. The Labute approximate surface area is 157 Å². The number of nitrogens with two attached hydrogens (primary N) is 1. The predicted molar refractivity (Wildman–Crippen MR) is 94.6 cm³/mol. The lowest BCUT2D eigenvalue weighted by Gasteiger charge is -2.09. The molecule has 10 heteroatoms. The Morgan fingerprint density at radius 1 is 1.19 bits per heavy atom. The molecule has 0 radical (unpaired) electrons. The van der Waals surface area contributed by atoms with Gasteiger partial charge in [0, 0.05) is 11.0 Å². The third-order valence-electron chi connectivity index (χ3n) is 3.36. The van der Waals surface area contributed by atoms with Crippen molar-refractivity contribution in [3.05, 3.63) is 58.1 Å². The second-order valence-corrected chi connectivity index (χ2v) is 7.63. The van der Waals surface area contributed by atoms with Crippen LogP contribution in [-0.4, -0.2) is 27.5 Å². The van der Waals surface area contributed by atoms with Crippen LogP contribution in [0.25, 0.3) is 0 Å². The molecule has 1 amide bonds. The highest BCUT2D eigenvalue weighted by molar-refractivity contribution is 9.10. The van der Waals surface area contributed by atoms with Gasteiger partial charge in [0.05, 0.1) is 10.5 Å². The lowest BCUT2D eigenvalue weighted by Crippen LogP contribution is -2.26. The van der Waals surface area contributed by atoms with Crippen molar-refractivity contribution in [2.45, 2.75) is 17.9 Å².